The van der Waals surface area contributed by atoms with Gasteiger partial charge in [0.25, 0.3) is 6.43 Å². The van der Waals surface area contributed by atoms with Gasteiger partial charge in [-0.25, -0.2) is 13.8 Å². The largest absolute Gasteiger partial charge is 0.375 e. The number of hydrogen-bond donors (Lipinski definition) is 1. The van der Waals surface area contributed by atoms with Gasteiger partial charge in [0, 0.05) is 17.5 Å². The fourth-order valence-electron chi connectivity index (χ4n) is 1.48. The van der Waals surface area contributed by atoms with E-state index in [-0.39, 0.29) is 12.0 Å². The van der Waals surface area contributed by atoms with Gasteiger partial charge < -0.3 is 9.72 Å². The molecule has 0 saturated heterocycles. The molecule has 0 aliphatic carbocycles. The second-order valence-electron chi connectivity index (χ2n) is 5.14. The molecule has 0 spiro atoms. The zero-order valence-corrected chi connectivity index (χ0v) is 13.5. The molecule has 0 aliphatic rings. The number of halogens is 3. The van der Waals surface area contributed by atoms with Crippen molar-refractivity contribution >= 4 is 28.1 Å². The Bertz CT molecular complexity index is 486. The zero-order chi connectivity index (χ0) is 14.6. The summed E-state index contributed by atoms with van der Waals surface area (Å²) < 4.78 is 29.9. The number of ether oxygens (including phenoxy) is 1. The number of nitrogens with one attached hydrogen (secondary N) is 1. The number of hydrogen-bond acceptors (Lipinski definition) is 3. The van der Waals surface area contributed by atoms with Gasteiger partial charge in [-0.2, -0.15) is 0 Å². The summed E-state index contributed by atoms with van der Waals surface area (Å²) in [6, 6.07) is 0. The summed E-state index contributed by atoms with van der Waals surface area (Å²) in [7, 11) is 0. The van der Waals surface area contributed by atoms with E-state index in [1.165, 1.54) is 0 Å². The molecule has 1 aromatic rings. The number of H-pyrrole nitrogens is 1. The summed E-state index contributed by atoms with van der Waals surface area (Å²) >= 11 is 8.60. The minimum absolute atomic E-state index is 0.117. The molecule has 1 rings (SSSR count). The van der Waals surface area contributed by atoms with E-state index in [0.29, 0.717) is 16.9 Å². The molecule has 0 bridgehead atoms. The third-order valence-corrected chi connectivity index (χ3v) is 3.72. The molecule has 1 heterocycles. The highest BCUT2D eigenvalue weighted by atomic mass is 79.9. The van der Waals surface area contributed by atoms with Gasteiger partial charge in [-0.3, -0.25) is 0 Å². The lowest BCUT2D eigenvalue weighted by Gasteiger charge is -2.21. The van der Waals surface area contributed by atoms with E-state index in [4.69, 9.17) is 17.0 Å². The second kappa shape index (κ2) is 6.85. The maximum Gasteiger partial charge on any atom is 0.261 e. The normalized spacial score (nSPS) is 12.2. The fraction of sp³-hybridized carbons (Fsp3) is 0.667. The van der Waals surface area contributed by atoms with Gasteiger partial charge in [-0.15, -0.1) is 0 Å². The van der Waals surface area contributed by atoms with Crippen LogP contribution in [0.5, 0.6) is 0 Å². The lowest BCUT2D eigenvalue weighted by atomic mass is 9.92. The molecule has 108 valence electrons. The van der Waals surface area contributed by atoms with Crippen molar-refractivity contribution in [3.8, 4) is 0 Å². The summed E-state index contributed by atoms with van der Waals surface area (Å²) in [4.78, 5) is 7.40. The molecule has 0 unspecified atom stereocenters. The number of nitrogens with zero attached hydrogens (tertiary/aromatic N) is 1. The predicted octanol–water partition coefficient (Wildman–Crippen LogP) is 4.02. The van der Waals surface area contributed by atoms with Crippen LogP contribution in [0.3, 0.4) is 0 Å². The van der Waals surface area contributed by atoms with E-state index in [2.05, 4.69) is 46.7 Å². The highest BCUT2D eigenvalue weighted by Crippen LogP contribution is 2.28. The number of aromatic nitrogens is 2. The molecular weight excluding hydrogens is 338 g/mol. The fourth-order valence-corrected chi connectivity index (χ4v) is 2.48. The Hall–Kier alpha value is -0.400. The first-order valence-electron chi connectivity index (χ1n) is 5.87. The van der Waals surface area contributed by atoms with Crippen LogP contribution in [-0.2, 0) is 16.6 Å². The van der Waals surface area contributed by atoms with Gasteiger partial charge in [-0.05, 0) is 15.9 Å². The lowest BCUT2D eigenvalue weighted by Crippen LogP contribution is -2.17. The Morgan fingerprint density at radius 1 is 1.42 bits per heavy atom. The monoisotopic (exact) mass is 354 g/mol. The van der Waals surface area contributed by atoms with Crippen LogP contribution in [0.15, 0.2) is 4.47 Å². The predicted molar refractivity (Wildman–Crippen MR) is 76.3 cm³/mol. The second-order valence-corrected chi connectivity index (χ2v) is 6.32. The zero-order valence-electron chi connectivity index (χ0n) is 11.1. The molecule has 3 nitrogen and oxygen atoms in total. The van der Waals surface area contributed by atoms with Crippen LogP contribution < -0.4 is 0 Å². The highest BCUT2D eigenvalue weighted by molar-refractivity contribution is 9.10. The van der Waals surface area contributed by atoms with Crippen LogP contribution in [0.25, 0.3) is 0 Å². The van der Waals surface area contributed by atoms with E-state index >= 15 is 0 Å². The maximum absolute atomic E-state index is 11.9. The third-order valence-electron chi connectivity index (χ3n) is 2.39. The molecule has 1 aromatic heterocycles. The van der Waals surface area contributed by atoms with Crippen molar-refractivity contribution < 1.29 is 13.5 Å². The molecule has 0 radical (unpaired) electrons. The van der Waals surface area contributed by atoms with Crippen LogP contribution in [-0.4, -0.2) is 29.6 Å². The van der Waals surface area contributed by atoms with Gasteiger partial charge in [0.05, 0.1) is 11.1 Å². The highest BCUT2D eigenvalue weighted by Gasteiger charge is 2.20. The Kier molecular flexibility index (Phi) is 6.01. The van der Waals surface area contributed by atoms with Crippen molar-refractivity contribution in [2.75, 3.05) is 13.2 Å². The van der Waals surface area contributed by atoms with Crippen molar-refractivity contribution in [2.24, 2.45) is 0 Å². The molecule has 0 aromatic carbocycles. The lowest BCUT2D eigenvalue weighted by molar-refractivity contribution is 0.0182. The van der Waals surface area contributed by atoms with Crippen molar-refractivity contribution in [3.05, 3.63) is 20.6 Å². The molecule has 19 heavy (non-hydrogen) atoms. The van der Waals surface area contributed by atoms with Crippen LogP contribution >= 0.6 is 28.1 Å². The minimum Gasteiger partial charge on any atom is -0.375 e. The molecule has 0 saturated carbocycles. The smallest absolute Gasteiger partial charge is 0.261 e. The summed E-state index contributed by atoms with van der Waals surface area (Å²) in [5, 5.41) is 0. The van der Waals surface area contributed by atoms with Crippen LogP contribution in [0.1, 0.15) is 32.3 Å². The topological polar surface area (TPSA) is 37.9 Å². The molecule has 0 atom stereocenters. The van der Waals surface area contributed by atoms with Gasteiger partial charge in [0.15, 0.2) is 0 Å². The summed E-state index contributed by atoms with van der Waals surface area (Å²) in [6.45, 7) is 5.79. The number of rotatable bonds is 5. The first kappa shape index (κ1) is 16.7. The Morgan fingerprint density at radius 2 is 2.05 bits per heavy atom. The average Bonchev–Trinajstić information content (AvgIpc) is 2.27. The summed E-state index contributed by atoms with van der Waals surface area (Å²) in [6.07, 6.45) is -2.02. The average molecular weight is 355 g/mol. The van der Waals surface area contributed by atoms with Gasteiger partial charge in [-0.1, -0.05) is 33.0 Å². The summed E-state index contributed by atoms with van der Waals surface area (Å²) in [5.41, 5.74) is 0.824. The first-order chi connectivity index (χ1) is 8.71. The van der Waals surface area contributed by atoms with Gasteiger partial charge in [0.2, 0.25) is 0 Å². The summed E-state index contributed by atoms with van der Waals surface area (Å²) in [5.74, 6) is 0.646. The van der Waals surface area contributed by atoms with E-state index in [1.54, 1.807) is 0 Å². The minimum atomic E-state index is -2.44. The Morgan fingerprint density at radius 3 is 2.58 bits per heavy atom. The van der Waals surface area contributed by atoms with Gasteiger partial charge >= 0.3 is 0 Å². The van der Waals surface area contributed by atoms with Crippen molar-refractivity contribution in [1.82, 2.24) is 9.97 Å². The number of aromatic amines is 1. The Balaban J connectivity index is 2.81. The van der Waals surface area contributed by atoms with Crippen molar-refractivity contribution in [1.29, 1.82) is 0 Å². The Labute approximate surface area is 124 Å². The van der Waals surface area contributed by atoms with Crippen LogP contribution in [0.4, 0.5) is 8.78 Å². The van der Waals surface area contributed by atoms with E-state index in [0.717, 1.165) is 10.2 Å². The van der Waals surface area contributed by atoms with Crippen LogP contribution in [0.2, 0.25) is 0 Å². The number of alkyl halides is 2. The van der Waals surface area contributed by atoms with E-state index in [1.807, 2.05) is 0 Å². The third kappa shape index (κ3) is 5.24. The van der Waals surface area contributed by atoms with E-state index < -0.39 is 13.0 Å². The maximum atomic E-state index is 11.9. The molecular formula is C12H17BrF2N2OS. The standard InChI is InChI=1S/C12H17BrF2N2OS/c1-12(2,3)10-9(13)11(19)17-8(16-10)4-5-18-6-7(14)15/h7H,4-6H2,1-3H3,(H,16,17,19). The molecule has 0 fully saturated rings. The molecule has 7 heteroatoms. The molecule has 0 aliphatic heterocycles. The molecule has 1 N–H and O–H groups in total. The van der Waals surface area contributed by atoms with Crippen molar-refractivity contribution in [3.63, 3.8) is 0 Å². The van der Waals surface area contributed by atoms with E-state index in [9.17, 15) is 8.78 Å². The van der Waals surface area contributed by atoms with Crippen LogP contribution in [0, 0.1) is 4.64 Å². The van der Waals surface area contributed by atoms with Gasteiger partial charge in [0.1, 0.15) is 17.1 Å². The first-order valence-corrected chi connectivity index (χ1v) is 7.07. The SMILES string of the molecule is CC(C)(C)c1[nH]c(CCOCC(F)F)nc(=S)c1Br. The van der Waals surface area contributed by atoms with Crippen molar-refractivity contribution in [2.45, 2.75) is 39.0 Å². The quantitative estimate of drug-likeness (QED) is 0.640. The molecule has 0 amide bonds.